The van der Waals surface area contributed by atoms with Crippen molar-refractivity contribution in [3.05, 3.63) is 65.6 Å². The molecule has 3 heterocycles. The molecule has 27 heavy (non-hydrogen) atoms. The standard InChI is InChI=1S/C21H24N4O2/c1-15-7-5-8-17(13-15)25-21(24-10-3-4-11-24)19(16(2)23-25)20(26)22-14-18-9-6-12-27-18/h3-5,7-8,10-11,13,18H,6,9,12,14H2,1-2H3,(H,22,26). The van der Waals surface area contributed by atoms with Crippen molar-refractivity contribution in [3.63, 3.8) is 0 Å². The van der Waals surface area contributed by atoms with Crippen LogP contribution in [-0.2, 0) is 4.74 Å². The second kappa shape index (κ2) is 7.40. The molecule has 1 saturated heterocycles. The lowest BCUT2D eigenvalue weighted by atomic mass is 10.2. The van der Waals surface area contributed by atoms with Crippen molar-refractivity contribution in [1.82, 2.24) is 19.7 Å². The summed E-state index contributed by atoms with van der Waals surface area (Å²) < 4.78 is 9.39. The zero-order chi connectivity index (χ0) is 18.8. The summed E-state index contributed by atoms with van der Waals surface area (Å²) >= 11 is 0. The molecule has 0 radical (unpaired) electrons. The van der Waals surface area contributed by atoms with E-state index in [9.17, 15) is 4.79 Å². The number of aromatic nitrogens is 3. The van der Waals surface area contributed by atoms with E-state index in [2.05, 4.69) is 16.5 Å². The Labute approximate surface area is 158 Å². The Morgan fingerprint density at radius 1 is 1.26 bits per heavy atom. The molecule has 0 bridgehead atoms. The Bertz CT molecular complexity index is 937. The molecular formula is C21H24N4O2. The Morgan fingerprint density at radius 3 is 2.78 bits per heavy atom. The predicted octanol–water partition coefficient (Wildman–Crippen LogP) is 3.19. The summed E-state index contributed by atoms with van der Waals surface area (Å²) in [7, 11) is 0. The molecule has 1 unspecified atom stereocenters. The highest BCUT2D eigenvalue weighted by molar-refractivity contribution is 5.98. The molecule has 1 fully saturated rings. The third-order valence-electron chi connectivity index (χ3n) is 4.87. The van der Waals surface area contributed by atoms with E-state index in [1.165, 1.54) is 0 Å². The zero-order valence-corrected chi connectivity index (χ0v) is 15.7. The maximum atomic E-state index is 13.0. The number of carbonyl (C=O) groups is 1. The van der Waals surface area contributed by atoms with Crippen molar-refractivity contribution in [1.29, 1.82) is 0 Å². The van der Waals surface area contributed by atoms with E-state index in [4.69, 9.17) is 4.74 Å². The minimum Gasteiger partial charge on any atom is -0.376 e. The molecule has 6 heteroatoms. The van der Waals surface area contributed by atoms with Crippen LogP contribution in [0.4, 0.5) is 0 Å². The zero-order valence-electron chi connectivity index (χ0n) is 15.7. The van der Waals surface area contributed by atoms with E-state index < -0.39 is 0 Å². The average molecular weight is 364 g/mol. The highest BCUT2D eigenvalue weighted by Gasteiger charge is 2.25. The molecule has 3 aromatic rings. The number of nitrogens with zero attached hydrogens (tertiary/aromatic N) is 3. The fourth-order valence-corrected chi connectivity index (χ4v) is 3.54. The molecule has 0 saturated carbocycles. The molecule has 4 rings (SSSR count). The molecule has 140 valence electrons. The fourth-order valence-electron chi connectivity index (χ4n) is 3.54. The van der Waals surface area contributed by atoms with Gasteiger partial charge in [-0.05, 0) is 56.5 Å². The molecule has 0 spiro atoms. The Kier molecular flexibility index (Phi) is 4.81. The van der Waals surface area contributed by atoms with E-state index in [-0.39, 0.29) is 12.0 Å². The molecule has 6 nitrogen and oxygen atoms in total. The van der Waals surface area contributed by atoms with E-state index in [0.717, 1.165) is 36.5 Å². The van der Waals surface area contributed by atoms with Crippen LogP contribution in [0.2, 0.25) is 0 Å². The second-order valence-electron chi connectivity index (χ2n) is 6.97. The minimum atomic E-state index is -0.120. The van der Waals surface area contributed by atoms with Crippen molar-refractivity contribution >= 4 is 5.91 Å². The first-order chi connectivity index (χ1) is 13.1. The van der Waals surface area contributed by atoms with Crippen molar-refractivity contribution < 1.29 is 9.53 Å². The van der Waals surface area contributed by atoms with Crippen molar-refractivity contribution in [3.8, 4) is 11.5 Å². The predicted molar refractivity (Wildman–Crippen MR) is 104 cm³/mol. The van der Waals surface area contributed by atoms with Gasteiger partial charge in [-0.3, -0.25) is 4.79 Å². The first kappa shape index (κ1) is 17.5. The molecule has 1 amide bonds. The number of benzene rings is 1. The SMILES string of the molecule is Cc1cccc(-n2nc(C)c(C(=O)NCC3CCCO3)c2-n2cccc2)c1. The van der Waals surface area contributed by atoms with Gasteiger partial charge in [0.15, 0.2) is 5.82 Å². The summed E-state index contributed by atoms with van der Waals surface area (Å²) in [6.45, 7) is 5.23. The summed E-state index contributed by atoms with van der Waals surface area (Å²) in [5.74, 6) is 0.624. The lowest BCUT2D eigenvalue weighted by Crippen LogP contribution is -2.32. The van der Waals surface area contributed by atoms with Crippen molar-refractivity contribution in [2.45, 2.75) is 32.8 Å². The third-order valence-corrected chi connectivity index (χ3v) is 4.87. The van der Waals surface area contributed by atoms with Crippen LogP contribution in [0.1, 0.15) is 34.5 Å². The monoisotopic (exact) mass is 364 g/mol. The van der Waals surface area contributed by atoms with Gasteiger partial charge >= 0.3 is 0 Å². The third kappa shape index (κ3) is 3.53. The molecule has 1 aromatic carbocycles. The number of aryl methyl sites for hydroxylation is 2. The van der Waals surface area contributed by atoms with E-state index in [1.54, 1.807) is 0 Å². The summed E-state index contributed by atoms with van der Waals surface area (Å²) in [6, 6.07) is 12.0. The lowest BCUT2D eigenvalue weighted by molar-refractivity contribution is 0.0857. The van der Waals surface area contributed by atoms with Gasteiger partial charge in [0.2, 0.25) is 0 Å². The van der Waals surface area contributed by atoms with Gasteiger partial charge < -0.3 is 14.6 Å². The number of hydrogen-bond acceptors (Lipinski definition) is 3. The highest BCUT2D eigenvalue weighted by Crippen LogP contribution is 2.23. The summed E-state index contributed by atoms with van der Waals surface area (Å²) in [5.41, 5.74) is 3.36. The van der Waals surface area contributed by atoms with Gasteiger partial charge in [0.1, 0.15) is 5.56 Å². The van der Waals surface area contributed by atoms with Crippen LogP contribution in [-0.4, -0.2) is 39.5 Å². The number of ether oxygens (including phenoxy) is 1. The molecule has 1 aliphatic rings. The van der Waals surface area contributed by atoms with Gasteiger partial charge in [0, 0.05) is 25.5 Å². The number of amides is 1. The van der Waals surface area contributed by atoms with Crippen LogP contribution < -0.4 is 5.32 Å². The fraction of sp³-hybridized carbons (Fsp3) is 0.333. The molecule has 1 N–H and O–H groups in total. The number of hydrogen-bond donors (Lipinski definition) is 1. The van der Waals surface area contributed by atoms with E-state index in [0.29, 0.717) is 17.8 Å². The van der Waals surface area contributed by atoms with Crippen molar-refractivity contribution in [2.75, 3.05) is 13.2 Å². The quantitative estimate of drug-likeness (QED) is 0.756. The van der Waals surface area contributed by atoms with Gasteiger partial charge in [-0.15, -0.1) is 0 Å². The smallest absolute Gasteiger partial charge is 0.257 e. The maximum Gasteiger partial charge on any atom is 0.257 e. The number of carbonyl (C=O) groups excluding carboxylic acids is 1. The lowest BCUT2D eigenvalue weighted by Gasteiger charge is -2.13. The van der Waals surface area contributed by atoms with Gasteiger partial charge in [-0.2, -0.15) is 5.10 Å². The largest absolute Gasteiger partial charge is 0.376 e. The van der Waals surface area contributed by atoms with E-state index >= 15 is 0 Å². The summed E-state index contributed by atoms with van der Waals surface area (Å²) in [4.78, 5) is 13.0. The van der Waals surface area contributed by atoms with Crippen LogP contribution in [0.25, 0.3) is 11.5 Å². The maximum absolute atomic E-state index is 13.0. The van der Waals surface area contributed by atoms with Gasteiger partial charge in [-0.25, -0.2) is 4.68 Å². The van der Waals surface area contributed by atoms with Gasteiger partial charge in [0.25, 0.3) is 5.91 Å². The van der Waals surface area contributed by atoms with Crippen LogP contribution >= 0.6 is 0 Å². The molecule has 2 aromatic heterocycles. The second-order valence-corrected chi connectivity index (χ2v) is 6.97. The number of rotatable bonds is 5. The van der Waals surface area contributed by atoms with E-state index in [1.807, 2.05) is 65.8 Å². The van der Waals surface area contributed by atoms with Gasteiger partial charge in [-0.1, -0.05) is 12.1 Å². The van der Waals surface area contributed by atoms with Crippen molar-refractivity contribution in [2.24, 2.45) is 0 Å². The molecule has 1 atom stereocenters. The topological polar surface area (TPSA) is 61.1 Å². The highest BCUT2D eigenvalue weighted by atomic mass is 16.5. The summed E-state index contributed by atoms with van der Waals surface area (Å²) in [5, 5.41) is 7.71. The Morgan fingerprint density at radius 2 is 2.07 bits per heavy atom. The first-order valence-corrected chi connectivity index (χ1v) is 9.33. The minimum absolute atomic E-state index is 0.108. The Hall–Kier alpha value is -2.86. The molecular weight excluding hydrogens is 340 g/mol. The first-order valence-electron chi connectivity index (χ1n) is 9.33. The van der Waals surface area contributed by atoms with Crippen LogP contribution in [0.5, 0.6) is 0 Å². The van der Waals surface area contributed by atoms with Crippen LogP contribution in [0, 0.1) is 13.8 Å². The van der Waals surface area contributed by atoms with Gasteiger partial charge in [0.05, 0.1) is 17.5 Å². The summed E-state index contributed by atoms with van der Waals surface area (Å²) in [6.07, 6.45) is 6.02. The van der Waals surface area contributed by atoms with Crippen LogP contribution in [0.3, 0.4) is 0 Å². The Balaban J connectivity index is 1.73. The average Bonchev–Trinajstić information content (AvgIpc) is 3.40. The molecule has 1 aliphatic heterocycles. The number of nitrogens with one attached hydrogen (secondary N) is 1. The molecule has 0 aliphatic carbocycles. The normalized spacial score (nSPS) is 16.6. The van der Waals surface area contributed by atoms with Crippen LogP contribution in [0.15, 0.2) is 48.8 Å².